The van der Waals surface area contributed by atoms with Crippen molar-refractivity contribution in [3.8, 4) is 0 Å². The van der Waals surface area contributed by atoms with Crippen LogP contribution in [0.1, 0.15) is 11.8 Å². The highest BCUT2D eigenvalue weighted by Crippen LogP contribution is 2.32. The van der Waals surface area contributed by atoms with Crippen molar-refractivity contribution in [2.75, 3.05) is 12.3 Å². The molecule has 1 aliphatic heterocycles. The Hall–Kier alpha value is -2.03. The second kappa shape index (κ2) is 5.53. The number of aromatic nitrogens is 2. The van der Waals surface area contributed by atoms with E-state index in [2.05, 4.69) is 11.6 Å². The van der Waals surface area contributed by atoms with Gasteiger partial charge in [0, 0.05) is 17.3 Å². The van der Waals surface area contributed by atoms with Gasteiger partial charge in [-0.1, -0.05) is 12.7 Å². The molecule has 1 aromatic rings. The predicted molar refractivity (Wildman–Crippen MR) is 69.2 cm³/mol. The predicted octanol–water partition coefficient (Wildman–Crippen LogP) is -0.428. The van der Waals surface area contributed by atoms with Gasteiger partial charge in [-0.3, -0.25) is 4.57 Å². The summed E-state index contributed by atoms with van der Waals surface area (Å²) in [5.41, 5.74) is 5.01. The summed E-state index contributed by atoms with van der Waals surface area (Å²) in [6, 6.07) is 0. The summed E-state index contributed by atoms with van der Waals surface area (Å²) < 4.78 is 19.0. The Labute approximate surface area is 113 Å². The van der Waals surface area contributed by atoms with E-state index >= 15 is 0 Å². The summed E-state index contributed by atoms with van der Waals surface area (Å²) in [7, 11) is 0. The van der Waals surface area contributed by atoms with Crippen molar-refractivity contribution in [1.29, 1.82) is 0 Å². The molecular formula is C12H14FN3O4. The molecule has 0 aliphatic carbocycles. The number of nitrogen functional groups attached to an aromatic ring is 1. The molecule has 0 amide bonds. The molecule has 0 saturated carbocycles. The fourth-order valence-corrected chi connectivity index (χ4v) is 2.01. The molecule has 0 radical (unpaired) electrons. The molecule has 2 heterocycles. The Kier molecular flexibility index (Phi) is 3.98. The lowest BCUT2D eigenvalue weighted by atomic mass is 10.1. The molecule has 20 heavy (non-hydrogen) atoms. The van der Waals surface area contributed by atoms with Crippen LogP contribution in [0.2, 0.25) is 0 Å². The second-order valence-electron chi connectivity index (χ2n) is 4.23. The lowest BCUT2D eigenvalue weighted by Crippen LogP contribution is -2.32. The average Bonchev–Trinajstić information content (AvgIpc) is 2.75. The van der Waals surface area contributed by atoms with Gasteiger partial charge in [0.15, 0.2) is 6.23 Å². The summed E-state index contributed by atoms with van der Waals surface area (Å²) in [5.74, 6) is -0.00583. The fraction of sp³-hybridized carbons (Fsp3) is 0.333. The molecule has 3 unspecified atom stereocenters. The van der Waals surface area contributed by atoms with Gasteiger partial charge in [0.1, 0.15) is 18.0 Å². The van der Waals surface area contributed by atoms with E-state index in [1.165, 1.54) is 12.3 Å². The van der Waals surface area contributed by atoms with E-state index in [0.29, 0.717) is 5.56 Å². The highest BCUT2D eigenvalue weighted by Gasteiger charge is 2.40. The maximum Gasteiger partial charge on any atom is 0.351 e. The number of rotatable bonds is 3. The minimum atomic E-state index is -1.40. The van der Waals surface area contributed by atoms with Gasteiger partial charge >= 0.3 is 5.69 Å². The van der Waals surface area contributed by atoms with Crippen LogP contribution in [0, 0.1) is 0 Å². The number of hydrogen-bond donors (Lipinski definition) is 3. The molecule has 3 atom stereocenters. The summed E-state index contributed by atoms with van der Waals surface area (Å²) in [4.78, 5) is 15.4. The lowest BCUT2D eigenvalue weighted by molar-refractivity contribution is -0.0527. The van der Waals surface area contributed by atoms with Gasteiger partial charge in [-0.05, 0) is 0 Å². The summed E-state index contributed by atoms with van der Waals surface area (Å²) in [6.45, 7) is 3.00. The first-order valence-corrected chi connectivity index (χ1v) is 5.79. The highest BCUT2D eigenvalue weighted by atomic mass is 19.1. The van der Waals surface area contributed by atoms with Crippen molar-refractivity contribution in [3.05, 3.63) is 40.7 Å². The zero-order chi connectivity index (χ0) is 14.9. The van der Waals surface area contributed by atoms with E-state index in [9.17, 15) is 14.3 Å². The van der Waals surface area contributed by atoms with Gasteiger partial charge < -0.3 is 20.7 Å². The van der Waals surface area contributed by atoms with Gasteiger partial charge in [-0.25, -0.2) is 9.18 Å². The van der Waals surface area contributed by atoms with Crippen LogP contribution in [0.4, 0.5) is 10.2 Å². The van der Waals surface area contributed by atoms with Crippen molar-refractivity contribution >= 4 is 11.9 Å². The molecule has 4 N–H and O–H groups in total. The topological polar surface area (TPSA) is 111 Å². The van der Waals surface area contributed by atoms with Crippen LogP contribution in [-0.4, -0.2) is 38.6 Å². The number of hydrogen-bond acceptors (Lipinski definition) is 6. The minimum absolute atomic E-state index is 0.00583. The number of halogens is 1. The smallest absolute Gasteiger partial charge is 0.351 e. The normalized spacial score (nSPS) is 27.9. The van der Waals surface area contributed by atoms with E-state index in [1.54, 1.807) is 0 Å². The Morgan fingerprint density at radius 2 is 2.35 bits per heavy atom. The Bertz CT molecular complexity index is 613. The van der Waals surface area contributed by atoms with E-state index < -0.39 is 30.7 Å². The maximum absolute atomic E-state index is 12.7. The molecule has 0 spiro atoms. The van der Waals surface area contributed by atoms with Crippen molar-refractivity contribution in [1.82, 2.24) is 9.55 Å². The van der Waals surface area contributed by atoms with Crippen molar-refractivity contribution < 1.29 is 19.3 Å². The van der Waals surface area contributed by atoms with Crippen LogP contribution in [0.3, 0.4) is 0 Å². The molecule has 7 nitrogen and oxygen atoms in total. The van der Waals surface area contributed by atoms with E-state index in [1.807, 2.05) is 0 Å². The Morgan fingerprint density at radius 3 is 2.85 bits per heavy atom. The van der Waals surface area contributed by atoms with Crippen LogP contribution in [0.15, 0.2) is 29.5 Å². The summed E-state index contributed by atoms with van der Waals surface area (Å²) in [6.07, 6.45) is -0.755. The average molecular weight is 283 g/mol. The number of aliphatic hydroxyl groups excluding tert-OH is 2. The number of nitrogens with two attached hydrogens (primary N) is 1. The Morgan fingerprint density at radius 1 is 1.65 bits per heavy atom. The van der Waals surface area contributed by atoms with Gasteiger partial charge in [0.25, 0.3) is 0 Å². The third-order valence-electron chi connectivity index (χ3n) is 3.08. The third-order valence-corrected chi connectivity index (χ3v) is 3.08. The minimum Gasteiger partial charge on any atom is -0.393 e. The molecule has 0 bridgehead atoms. The van der Waals surface area contributed by atoms with E-state index in [-0.39, 0.29) is 17.7 Å². The monoisotopic (exact) mass is 283 g/mol. The molecule has 0 aromatic carbocycles. The van der Waals surface area contributed by atoms with Crippen LogP contribution < -0.4 is 11.4 Å². The van der Waals surface area contributed by atoms with Gasteiger partial charge in [-0.15, -0.1) is 0 Å². The zero-order valence-corrected chi connectivity index (χ0v) is 10.4. The van der Waals surface area contributed by atoms with Crippen LogP contribution >= 0.6 is 0 Å². The maximum atomic E-state index is 12.7. The lowest BCUT2D eigenvalue weighted by Gasteiger charge is -2.17. The Balaban J connectivity index is 2.47. The molecular weight excluding hydrogens is 269 g/mol. The highest BCUT2D eigenvalue weighted by molar-refractivity contribution is 5.57. The van der Waals surface area contributed by atoms with Gasteiger partial charge in [0.2, 0.25) is 0 Å². The van der Waals surface area contributed by atoms with Crippen LogP contribution in [0.5, 0.6) is 0 Å². The van der Waals surface area contributed by atoms with E-state index in [4.69, 9.17) is 15.6 Å². The first-order chi connectivity index (χ1) is 9.53. The molecule has 1 aliphatic rings. The quantitative estimate of drug-likeness (QED) is 0.694. The van der Waals surface area contributed by atoms with E-state index in [0.717, 1.165) is 4.57 Å². The summed E-state index contributed by atoms with van der Waals surface area (Å²) >= 11 is 0. The number of nitrogens with zero attached hydrogens (tertiary/aromatic N) is 2. The summed E-state index contributed by atoms with van der Waals surface area (Å²) in [5, 5.41) is 19.1. The molecule has 108 valence electrons. The van der Waals surface area contributed by atoms with Gasteiger partial charge in [0.05, 0.1) is 12.9 Å². The molecule has 1 saturated heterocycles. The first-order valence-electron chi connectivity index (χ1n) is 5.79. The van der Waals surface area contributed by atoms with Crippen molar-refractivity contribution in [2.45, 2.75) is 18.4 Å². The third kappa shape index (κ3) is 2.24. The first kappa shape index (κ1) is 14.4. The molecule has 1 aromatic heterocycles. The largest absolute Gasteiger partial charge is 0.393 e. The number of ether oxygens (including phenoxy) is 1. The molecule has 2 rings (SSSR count). The molecule has 8 heteroatoms. The standard InChI is InChI=1S/C12H14FN3O4/c1-2-6-4-16(12(19)15-10(6)14)11-9(18)7(3-13)8(5-17)20-11/h2-4,8-9,11,17-18H,1,5H2,(H2,14,15,19)/b7-3-. The number of aliphatic hydroxyl groups is 2. The SMILES string of the molecule is C=Cc1cn(C2OC(CO)/C(=C/F)C2O)c(=O)nc1N. The van der Waals surface area contributed by atoms with Crippen molar-refractivity contribution in [3.63, 3.8) is 0 Å². The zero-order valence-electron chi connectivity index (χ0n) is 10.4. The van der Waals surface area contributed by atoms with Crippen LogP contribution in [0.25, 0.3) is 6.08 Å². The second-order valence-corrected chi connectivity index (χ2v) is 4.23. The van der Waals surface area contributed by atoms with Crippen molar-refractivity contribution in [2.24, 2.45) is 0 Å². The fourth-order valence-electron chi connectivity index (χ4n) is 2.01. The van der Waals surface area contributed by atoms with Crippen LogP contribution in [-0.2, 0) is 4.74 Å². The van der Waals surface area contributed by atoms with Gasteiger partial charge in [-0.2, -0.15) is 4.98 Å². The molecule has 1 fully saturated rings. The number of anilines is 1.